The van der Waals surface area contributed by atoms with Gasteiger partial charge < -0.3 is 15.8 Å². The lowest BCUT2D eigenvalue weighted by Gasteiger charge is -2.13. The van der Waals surface area contributed by atoms with Crippen LogP contribution in [0.3, 0.4) is 0 Å². The summed E-state index contributed by atoms with van der Waals surface area (Å²) in [6, 6.07) is 5.11. The van der Waals surface area contributed by atoms with E-state index in [2.05, 4.69) is 5.32 Å². The van der Waals surface area contributed by atoms with Crippen LogP contribution in [-0.2, 0) is 0 Å². The topological polar surface area (TPSA) is 64.3 Å². The number of nitrogens with one attached hydrogen (secondary N) is 1. The standard InChI is InChI=1S/C13H18N2O2/c1-3-17-11-7-9(6-10(14)8-11)12(16)15-13(2)4-5-13/h6-8H,3-5,14H2,1-2H3,(H,15,16). The van der Waals surface area contributed by atoms with Gasteiger partial charge in [-0.25, -0.2) is 0 Å². The van der Waals surface area contributed by atoms with Crippen LogP contribution in [0.5, 0.6) is 5.75 Å². The highest BCUT2D eigenvalue weighted by Crippen LogP contribution is 2.34. The van der Waals surface area contributed by atoms with Crippen molar-refractivity contribution in [1.82, 2.24) is 5.32 Å². The molecule has 1 amide bonds. The first-order valence-corrected chi connectivity index (χ1v) is 5.88. The van der Waals surface area contributed by atoms with E-state index >= 15 is 0 Å². The van der Waals surface area contributed by atoms with Gasteiger partial charge in [0.1, 0.15) is 5.75 Å². The molecule has 0 atom stereocenters. The molecular formula is C13H18N2O2. The first kappa shape index (κ1) is 11.8. The molecule has 0 aliphatic heterocycles. The van der Waals surface area contributed by atoms with Crippen LogP contribution >= 0.6 is 0 Å². The van der Waals surface area contributed by atoms with Gasteiger partial charge in [-0.2, -0.15) is 0 Å². The molecule has 1 saturated carbocycles. The van der Waals surface area contributed by atoms with Crippen molar-refractivity contribution < 1.29 is 9.53 Å². The largest absolute Gasteiger partial charge is 0.494 e. The lowest BCUT2D eigenvalue weighted by Crippen LogP contribution is -2.34. The third-order valence-electron chi connectivity index (χ3n) is 2.92. The van der Waals surface area contributed by atoms with Crippen molar-refractivity contribution in [2.45, 2.75) is 32.2 Å². The van der Waals surface area contributed by atoms with E-state index in [1.54, 1.807) is 18.2 Å². The van der Waals surface area contributed by atoms with E-state index in [4.69, 9.17) is 10.5 Å². The highest BCUT2D eigenvalue weighted by Gasteiger charge is 2.38. The van der Waals surface area contributed by atoms with Gasteiger partial charge in [-0.3, -0.25) is 4.79 Å². The third-order valence-corrected chi connectivity index (χ3v) is 2.92. The van der Waals surface area contributed by atoms with Crippen LogP contribution in [0.15, 0.2) is 18.2 Å². The summed E-state index contributed by atoms with van der Waals surface area (Å²) in [6.45, 7) is 4.50. The van der Waals surface area contributed by atoms with Crippen molar-refractivity contribution >= 4 is 11.6 Å². The molecule has 2 rings (SSSR count). The molecule has 0 saturated heterocycles. The fourth-order valence-corrected chi connectivity index (χ4v) is 1.66. The molecule has 0 radical (unpaired) electrons. The SMILES string of the molecule is CCOc1cc(N)cc(C(=O)NC2(C)CC2)c1. The molecule has 1 fully saturated rings. The Hall–Kier alpha value is -1.71. The minimum Gasteiger partial charge on any atom is -0.494 e. The van der Waals surface area contributed by atoms with Crippen molar-refractivity contribution in [2.24, 2.45) is 0 Å². The normalized spacial score (nSPS) is 16.4. The van der Waals surface area contributed by atoms with Crippen LogP contribution in [0.25, 0.3) is 0 Å². The molecule has 1 aromatic carbocycles. The number of rotatable bonds is 4. The van der Waals surface area contributed by atoms with Gasteiger partial charge in [0.05, 0.1) is 6.61 Å². The highest BCUT2D eigenvalue weighted by atomic mass is 16.5. The Bertz CT molecular complexity index is 439. The van der Waals surface area contributed by atoms with Crippen molar-refractivity contribution in [2.75, 3.05) is 12.3 Å². The van der Waals surface area contributed by atoms with Gasteiger partial charge in [0.15, 0.2) is 0 Å². The molecule has 0 bridgehead atoms. The second-order valence-electron chi connectivity index (χ2n) is 4.74. The van der Waals surface area contributed by atoms with Gasteiger partial charge in [-0.05, 0) is 38.8 Å². The summed E-state index contributed by atoms with van der Waals surface area (Å²) in [7, 11) is 0. The van der Waals surface area contributed by atoms with Gasteiger partial charge in [0.2, 0.25) is 0 Å². The molecule has 0 heterocycles. The van der Waals surface area contributed by atoms with Crippen molar-refractivity contribution in [3.05, 3.63) is 23.8 Å². The van der Waals surface area contributed by atoms with Crippen molar-refractivity contribution in [1.29, 1.82) is 0 Å². The number of benzene rings is 1. The summed E-state index contributed by atoms with van der Waals surface area (Å²) in [5.74, 6) is 0.553. The summed E-state index contributed by atoms with van der Waals surface area (Å²) in [5.41, 5.74) is 6.83. The Kier molecular flexibility index (Phi) is 2.96. The molecule has 1 aliphatic carbocycles. The van der Waals surface area contributed by atoms with E-state index in [-0.39, 0.29) is 11.4 Å². The molecule has 0 spiro atoms. The minimum atomic E-state index is -0.0850. The van der Waals surface area contributed by atoms with E-state index in [1.165, 1.54) is 0 Å². The lowest BCUT2D eigenvalue weighted by atomic mass is 10.1. The molecule has 1 aliphatic rings. The molecule has 3 N–H and O–H groups in total. The smallest absolute Gasteiger partial charge is 0.251 e. The predicted octanol–water partition coefficient (Wildman–Crippen LogP) is 1.95. The molecule has 17 heavy (non-hydrogen) atoms. The van der Waals surface area contributed by atoms with Crippen LogP contribution < -0.4 is 15.8 Å². The molecule has 0 unspecified atom stereocenters. The van der Waals surface area contributed by atoms with Crippen LogP contribution in [-0.4, -0.2) is 18.1 Å². The van der Waals surface area contributed by atoms with Crippen LogP contribution in [0.2, 0.25) is 0 Å². The number of carbonyl (C=O) groups excluding carboxylic acids is 1. The number of ether oxygens (including phenoxy) is 1. The fourth-order valence-electron chi connectivity index (χ4n) is 1.66. The second kappa shape index (κ2) is 4.28. The zero-order chi connectivity index (χ0) is 12.5. The molecule has 1 aromatic rings. The minimum absolute atomic E-state index is 0.0204. The number of hydrogen-bond acceptors (Lipinski definition) is 3. The van der Waals surface area contributed by atoms with Crippen LogP contribution in [0.1, 0.15) is 37.0 Å². The molecular weight excluding hydrogens is 216 g/mol. The number of nitrogens with two attached hydrogens (primary N) is 1. The van der Waals surface area contributed by atoms with E-state index in [0.29, 0.717) is 23.6 Å². The van der Waals surface area contributed by atoms with Crippen LogP contribution in [0.4, 0.5) is 5.69 Å². The number of hydrogen-bond donors (Lipinski definition) is 2. The van der Waals surface area contributed by atoms with Crippen molar-refractivity contribution in [3.63, 3.8) is 0 Å². The fraction of sp³-hybridized carbons (Fsp3) is 0.462. The monoisotopic (exact) mass is 234 g/mol. The van der Waals surface area contributed by atoms with Crippen molar-refractivity contribution in [3.8, 4) is 5.75 Å². The summed E-state index contributed by atoms with van der Waals surface area (Å²) < 4.78 is 5.36. The second-order valence-corrected chi connectivity index (χ2v) is 4.74. The van der Waals surface area contributed by atoms with Gasteiger partial charge >= 0.3 is 0 Å². The van der Waals surface area contributed by atoms with E-state index < -0.39 is 0 Å². The zero-order valence-electron chi connectivity index (χ0n) is 10.2. The number of carbonyl (C=O) groups is 1. The summed E-state index contributed by atoms with van der Waals surface area (Å²) in [6.07, 6.45) is 2.08. The highest BCUT2D eigenvalue weighted by molar-refractivity contribution is 5.96. The van der Waals surface area contributed by atoms with Crippen LogP contribution in [0, 0.1) is 0 Å². The van der Waals surface area contributed by atoms with Gasteiger partial charge in [-0.1, -0.05) is 0 Å². The maximum Gasteiger partial charge on any atom is 0.251 e. The molecule has 0 aromatic heterocycles. The molecule has 4 nitrogen and oxygen atoms in total. The summed E-state index contributed by atoms with van der Waals surface area (Å²) >= 11 is 0. The Balaban J connectivity index is 2.16. The average molecular weight is 234 g/mol. The number of anilines is 1. The van der Waals surface area contributed by atoms with Gasteiger partial charge in [-0.15, -0.1) is 0 Å². The number of amides is 1. The maximum absolute atomic E-state index is 12.0. The average Bonchev–Trinajstić information content (AvgIpc) is 2.95. The predicted molar refractivity (Wildman–Crippen MR) is 67.1 cm³/mol. The summed E-state index contributed by atoms with van der Waals surface area (Å²) in [5, 5.41) is 2.99. The third kappa shape index (κ3) is 2.90. The molecule has 4 heteroatoms. The first-order valence-electron chi connectivity index (χ1n) is 5.88. The Morgan fingerprint density at radius 3 is 2.76 bits per heavy atom. The van der Waals surface area contributed by atoms with Gasteiger partial charge in [0.25, 0.3) is 5.91 Å². The molecule has 92 valence electrons. The Labute approximate surface area is 101 Å². The quantitative estimate of drug-likeness (QED) is 0.783. The van der Waals surface area contributed by atoms with Gasteiger partial charge in [0, 0.05) is 22.9 Å². The first-order chi connectivity index (χ1) is 8.02. The zero-order valence-corrected chi connectivity index (χ0v) is 10.2. The maximum atomic E-state index is 12.0. The Morgan fingerprint density at radius 1 is 1.47 bits per heavy atom. The Morgan fingerprint density at radius 2 is 2.18 bits per heavy atom. The van der Waals surface area contributed by atoms with E-state index in [0.717, 1.165) is 12.8 Å². The van der Waals surface area contributed by atoms with E-state index in [9.17, 15) is 4.79 Å². The van der Waals surface area contributed by atoms with E-state index in [1.807, 2.05) is 13.8 Å². The lowest BCUT2D eigenvalue weighted by molar-refractivity contribution is 0.0935. The number of nitrogen functional groups attached to an aromatic ring is 1. The summed E-state index contributed by atoms with van der Waals surface area (Å²) in [4.78, 5) is 12.0.